The first-order valence-corrected chi connectivity index (χ1v) is 8.00. The van der Waals surface area contributed by atoms with E-state index in [0.717, 1.165) is 25.9 Å². The number of halogens is 2. The number of benzene rings is 1. The Morgan fingerprint density at radius 3 is 2.75 bits per heavy atom. The van der Waals surface area contributed by atoms with Gasteiger partial charge < -0.3 is 10.2 Å². The average molecular weight is 331 g/mol. The van der Waals surface area contributed by atoms with Crippen molar-refractivity contribution < 1.29 is 13.6 Å². The zero-order chi connectivity index (χ0) is 17.1. The van der Waals surface area contributed by atoms with Gasteiger partial charge in [0.05, 0.1) is 17.4 Å². The molecule has 6 heteroatoms. The van der Waals surface area contributed by atoms with Crippen molar-refractivity contribution in [1.29, 1.82) is 0 Å². The highest BCUT2D eigenvalue weighted by Crippen LogP contribution is 2.24. The SMILES string of the molecule is CC1CCCN(C(=O)c2cncc(Nc3c(F)cccc3F)c2)C1. The monoisotopic (exact) mass is 331 g/mol. The molecule has 0 spiro atoms. The lowest BCUT2D eigenvalue weighted by molar-refractivity contribution is 0.0682. The lowest BCUT2D eigenvalue weighted by Crippen LogP contribution is -2.39. The van der Waals surface area contributed by atoms with E-state index in [1.807, 2.05) is 0 Å². The van der Waals surface area contributed by atoms with Crippen LogP contribution in [0.3, 0.4) is 0 Å². The molecule has 2 heterocycles. The largest absolute Gasteiger partial charge is 0.349 e. The first-order chi connectivity index (χ1) is 11.5. The molecule has 1 atom stereocenters. The van der Waals surface area contributed by atoms with Gasteiger partial charge in [-0.05, 0) is 37.0 Å². The summed E-state index contributed by atoms with van der Waals surface area (Å²) in [6, 6.07) is 5.21. The van der Waals surface area contributed by atoms with Crippen molar-refractivity contribution in [3.05, 3.63) is 53.9 Å². The topological polar surface area (TPSA) is 45.2 Å². The molecule has 1 saturated heterocycles. The van der Waals surface area contributed by atoms with E-state index in [1.165, 1.54) is 30.6 Å². The fourth-order valence-corrected chi connectivity index (χ4v) is 2.94. The van der Waals surface area contributed by atoms with Gasteiger partial charge in [0.2, 0.25) is 0 Å². The van der Waals surface area contributed by atoms with Crippen LogP contribution in [-0.4, -0.2) is 28.9 Å². The number of likely N-dealkylation sites (tertiary alicyclic amines) is 1. The fourth-order valence-electron chi connectivity index (χ4n) is 2.94. The Kier molecular flexibility index (Phi) is 4.74. The molecule has 1 aromatic carbocycles. The number of nitrogens with zero attached hydrogens (tertiary/aromatic N) is 2. The van der Waals surface area contributed by atoms with Crippen LogP contribution in [0.15, 0.2) is 36.7 Å². The van der Waals surface area contributed by atoms with Gasteiger partial charge in [-0.15, -0.1) is 0 Å². The molecule has 4 nitrogen and oxygen atoms in total. The number of rotatable bonds is 3. The highest BCUT2D eigenvalue weighted by atomic mass is 19.1. The number of hydrogen-bond acceptors (Lipinski definition) is 3. The minimum Gasteiger partial charge on any atom is -0.349 e. The number of hydrogen-bond donors (Lipinski definition) is 1. The molecule has 1 aliphatic rings. The molecule has 1 fully saturated rings. The standard InChI is InChI=1S/C18H19F2N3O/c1-12-4-3-7-23(11-12)18(24)13-8-14(10-21-9-13)22-17-15(19)5-2-6-16(17)20/h2,5-6,8-10,12,22H,3-4,7,11H2,1H3. The first kappa shape index (κ1) is 16.4. The van der Waals surface area contributed by atoms with Crippen LogP contribution in [0.4, 0.5) is 20.2 Å². The van der Waals surface area contributed by atoms with E-state index in [9.17, 15) is 13.6 Å². The molecule has 1 unspecified atom stereocenters. The number of carbonyl (C=O) groups is 1. The van der Waals surface area contributed by atoms with Gasteiger partial charge in [-0.25, -0.2) is 8.78 Å². The third kappa shape index (κ3) is 3.53. The molecule has 1 aliphatic heterocycles. The van der Waals surface area contributed by atoms with Crippen LogP contribution in [0.25, 0.3) is 0 Å². The van der Waals surface area contributed by atoms with Crippen LogP contribution < -0.4 is 5.32 Å². The van der Waals surface area contributed by atoms with Crippen LogP contribution >= 0.6 is 0 Å². The van der Waals surface area contributed by atoms with Crippen molar-refractivity contribution in [3.63, 3.8) is 0 Å². The Morgan fingerprint density at radius 2 is 2.04 bits per heavy atom. The van der Waals surface area contributed by atoms with Crippen molar-refractivity contribution in [2.75, 3.05) is 18.4 Å². The van der Waals surface area contributed by atoms with Crippen LogP contribution in [0.1, 0.15) is 30.1 Å². The van der Waals surface area contributed by atoms with E-state index in [-0.39, 0.29) is 11.6 Å². The van der Waals surface area contributed by atoms with E-state index >= 15 is 0 Å². The van der Waals surface area contributed by atoms with E-state index in [2.05, 4.69) is 17.2 Å². The van der Waals surface area contributed by atoms with Gasteiger partial charge in [-0.1, -0.05) is 13.0 Å². The predicted molar refractivity (Wildman–Crippen MR) is 88.2 cm³/mol. The number of para-hydroxylation sites is 1. The minimum absolute atomic E-state index is 0.105. The number of piperidine rings is 1. The number of pyridine rings is 1. The second-order valence-electron chi connectivity index (χ2n) is 6.18. The van der Waals surface area contributed by atoms with E-state index in [0.29, 0.717) is 17.2 Å². The Morgan fingerprint density at radius 1 is 1.29 bits per heavy atom. The molecule has 0 aliphatic carbocycles. The lowest BCUT2D eigenvalue weighted by Gasteiger charge is -2.31. The Hall–Kier alpha value is -2.50. The molecule has 0 bridgehead atoms. The molecular weight excluding hydrogens is 312 g/mol. The Balaban J connectivity index is 1.80. The minimum atomic E-state index is -0.698. The van der Waals surface area contributed by atoms with E-state index in [1.54, 1.807) is 11.0 Å². The third-order valence-corrected chi connectivity index (χ3v) is 4.16. The summed E-state index contributed by atoms with van der Waals surface area (Å²) in [5.74, 6) is -1.02. The zero-order valence-corrected chi connectivity index (χ0v) is 13.4. The normalized spacial score (nSPS) is 17.6. The summed E-state index contributed by atoms with van der Waals surface area (Å²) in [7, 11) is 0. The highest BCUT2D eigenvalue weighted by Gasteiger charge is 2.22. The summed E-state index contributed by atoms with van der Waals surface area (Å²) in [6.07, 6.45) is 5.01. The zero-order valence-electron chi connectivity index (χ0n) is 13.4. The number of amides is 1. The van der Waals surface area contributed by atoms with Crippen molar-refractivity contribution in [1.82, 2.24) is 9.88 Å². The lowest BCUT2D eigenvalue weighted by atomic mass is 10.00. The summed E-state index contributed by atoms with van der Waals surface area (Å²) in [5.41, 5.74) is 0.524. The number of aromatic nitrogens is 1. The molecule has 1 amide bonds. The predicted octanol–water partition coefficient (Wildman–Crippen LogP) is 3.98. The van der Waals surface area contributed by atoms with Gasteiger partial charge in [-0.2, -0.15) is 0 Å². The molecule has 24 heavy (non-hydrogen) atoms. The Bertz CT molecular complexity index is 731. The first-order valence-electron chi connectivity index (χ1n) is 8.00. The molecule has 1 aromatic heterocycles. The summed E-state index contributed by atoms with van der Waals surface area (Å²) in [5, 5.41) is 2.66. The van der Waals surface area contributed by atoms with Crippen LogP contribution in [0.2, 0.25) is 0 Å². The summed E-state index contributed by atoms with van der Waals surface area (Å²) in [6.45, 7) is 3.57. The molecule has 2 aromatic rings. The maximum absolute atomic E-state index is 13.7. The summed E-state index contributed by atoms with van der Waals surface area (Å²) < 4.78 is 27.5. The van der Waals surface area contributed by atoms with Gasteiger partial charge in [0.1, 0.15) is 17.3 Å². The second kappa shape index (κ2) is 6.95. The fraction of sp³-hybridized carbons (Fsp3) is 0.333. The second-order valence-corrected chi connectivity index (χ2v) is 6.18. The third-order valence-electron chi connectivity index (χ3n) is 4.16. The van der Waals surface area contributed by atoms with Gasteiger partial charge in [-0.3, -0.25) is 9.78 Å². The van der Waals surface area contributed by atoms with E-state index < -0.39 is 11.6 Å². The molecule has 126 valence electrons. The van der Waals surface area contributed by atoms with Gasteiger partial charge >= 0.3 is 0 Å². The molecule has 0 radical (unpaired) electrons. The van der Waals surface area contributed by atoms with Gasteiger partial charge in [0.25, 0.3) is 5.91 Å². The smallest absolute Gasteiger partial charge is 0.255 e. The van der Waals surface area contributed by atoms with E-state index in [4.69, 9.17) is 0 Å². The summed E-state index contributed by atoms with van der Waals surface area (Å²) in [4.78, 5) is 18.4. The van der Waals surface area contributed by atoms with Gasteiger partial charge in [0, 0.05) is 19.3 Å². The number of carbonyl (C=O) groups excluding carboxylic acids is 1. The van der Waals surface area contributed by atoms with Crippen LogP contribution in [-0.2, 0) is 0 Å². The molecule has 0 saturated carbocycles. The molecule has 3 rings (SSSR count). The Labute approximate surface area is 139 Å². The van der Waals surface area contributed by atoms with Crippen LogP contribution in [0.5, 0.6) is 0 Å². The quantitative estimate of drug-likeness (QED) is 0.925. The van der Waals surface area contributed by atoms with Crippen molar-refractivity contribution >= 4 is 17.3 Å². The molecular formula is C18H19F2N3O. The van der Waals surface area contributed by atoms with Gasteiger partial charge in [0.15, 0.2) is 0 Å². The average Bonchev–Trinajstić information content (AvgIpc) is 2.58. The number of anilines is 2. The number of nitrogens with one attached hydrogen (secondary N) is 1. The van der Waals surface area contributed by atoms with Crippen molar-refractivity contribution in [2.24, 2.45) is 5.92 Å². The van der Waals surface area contributed by atoms with Crippen LogP contribution in [0, 0.1) is 17.6 Å². The maximum atomic E-state index is 13.7. The summed E-state index contributed by atoms with van der Waals surface area (Å²) >= 11 is 0. The maximum Gasteiger partial charge on any atom is 0.255 e. The highest BCUT2D eigenvalue weighted by molar-refractivity contribution is 5.95. The van der Waals surface area contributed by atoms with Crippen molar-refractivity contribution in [2.45, 2.75) is 19.8 Å². The van der Waals surface area contributed by atoms with Crippen molar-refractivity contribution in [3.8, 4) is 0 Å². The molecule has 1 N–H and O–H groups in total.